The number of methoxy groups -OCH3 is 1. The van der Waals surface area contributed by atoms with Gasteiger partial charge in [0.15, 0.2) is 0 Å². The highest BCUT2D eigenvalue weighted by atomic mass is 16.5. The minimum atomic E-state index is -0.973. The van der Waals surface area contributed by atoms with Crippen LogP contribution in [0, 0.1) is 6.92 Å². The molecular weight excluding hydrogens is 470 g/mol. The van der Waals surface area contributed by atoms with Crippen LogP contribution in [0.2, 0.25) is 0 Å². The average molecular weight is 502 g/mol. The number of amides is 3. The number of ether oxygens (including phenoxy) is 1. The van der Waals surface area contributed by atoms with Crippen LogP contribution in [0.4, 0.5) is 5.69 Å². The number of hydrogen-bond acceptors (Lipinski definition) is 5. The lowest BCUT2D eigenvalue weighted by Gasteiger charge is -2.23. The molecule has 0 aliphatic carbocycles. The van der Waals surface area contributed by atoms with Gasteiger partial charge in [0.2, 0.25) is 11.8 Å². The van der Waals surface area contributed by atoms with E-state index in [0.29, 0.717) is 11.3 Å². The Labute approximate surface area is 216 Å². The lowest BCUT2D eigenvalue weighted by molar-refractivity contribution is -0.145. The summed E-state index contributed by atoms with van der Waals surface area (Å²) in [5, 5.41) is 8.24. The lowest BCUT2D eigenvalue weighted by Crippen LogP contribution is -2.53. The molecule has 0 bridgehead atoms. The van der Waals surface area contributed by atoms with E-state index in [-0.39, 0.29) is 24.7 Å². The maximum atomic E-state index is 13.4. The van der Waals surface area contributed by atoms with Crippen molar-refractivity contribution in [2.75, 3.05) is 12.4 Å². The second-order valence-electron chi connectivity index (χ2n) is 8.75. The van der Waals surface area contributed by atoms with Crippen LogP contribution in [-0.4, -0.2) is 42.9 Å². The van der Waals surface area contributed by atoms with Crippen LogP contribution in [0.25, 0.3) is 0 Å². The molecule has 2 atom stereocenters. The van der Waals surface area contributed by atoms with Crippen LogP contribution in [-0.2, 0) is 32.0 Å². The first kappa shape index (κ1) is 27.1. The summed E-state index contributed by atoms with van der Waals surface area (Å²) in [6, 6.07) is 21.4. The van der Waals surface area contributed by atoms with Crippen LogP contribution in [0.1, 0.15) is 34.0 Å². The molecule has 0 radical (unpaired) electrons. The SMILES string of the molecule is COC(=O)[C@H](Cc1ccc(NC(C)=O)cc1)NC(=O)[C@H](Cc1ccccc1)NC(=O)c1ccc(C)cc1. The third kappa shape index (κ3) is 8.31. The van der Waals surface area contributed by atoms with Crippen LogP contribution in [0.15, 0.2) is 78.9 Å². The summed E-state index contributed by atoms with van der Waals surface area (Å²) < 4.78 is 4.92. The Bertz CT molecular complexity index is 1220. The number of carbonyl (C=O) groups is 4. The van der Waals surface area contributed by atoms with Crippen LogP contribution >= 0.6 is 0 Å². The van der Waals surface area contributed by atoms with Gasteiger partial charge < -0.3 is 20.7 Å². The molecule has 192 valence electrons. The van der Waals surface area contributed by atoms with Gasteiger partial charge in [0.05, 0.1) is 7.11 Å². The molecule has 3 amide bonds. The van der Waals surface area contributed by atoms with Gasteiger partial charge in [-0.3, -0.25) is 14.4 Å². The summed E-state index contributed by atoms with van der Waals surface area (Å²) in [5.74, 6) is -1.69. The topological polar surface area (TPSA) is 114 Å². The summed E-state index contributed by atoms with van der Waals surface area (Å²) >= 11 is 0. The second-order valence-corrected chi connectivity index (χ2v) is 8.75. The summed E-state index contributed by atoms with van der Waals surface area (Å²) in [6.45, 7) is 3.34. The molecule has 0 aliphatic rings. The molecule has 0 aliphatic heterocycles. The molecule has 8 nitrogen and oxygen atoms in total. The molecule has 0 saturated heterocycles. The van der Waals surface area contributed by atoms with Crippen LogP contribution in [0.5, 0.6) is 0 Å². The molecule has 8 heteroatoms. The van der Waals surface area contributed by atoms with Gasteiger partial charge in [0.1, 0.15) is 12.1 Å². The molecule has 0 unspecified atom stereocenters. The predicted molar refractivity (Wildman–Crippen MR) is 141 cm³/mol. The van der Waals surface area contributed by atoms with E-state index >= 15 is 0 Å². The fourth-order valence-electron chi connectivity index (χ4n) is 3.78. The molecule has 0 aromatic heterocycles. The smallest absolute Gasteiger partial charge is 0.328 e. The highest BCUT2D eigenvalue weighted by Gasteiger charge is 2.28. The van der Waals surface area contributed by atoms with E-state index < -0.39 is 24.0 Å². The standard InChI is InChI=1S/C29H31N3O5/c1-19-9-13-23(14-10-19)27(34)31-25(17-21-7-5-4-6-8-21)28(35)32-26(29(36)37-3)18-22-11-15-24(16-12-22)30-20(2)33/h4-16,25-26H,17-18H2,1-3H3,(H,30,33)(H,31,34)(H,32,35)/t25-,26-/m0/s1. The molecule has 3 rings (SSSR count). The van der Waals surface area contributed by atoms with Gasteiger partial charge in [-0.05, 0) is 42.3 Å². The van der Waals surface area contributed by atoms with Crippen LogP contribution in [0.3, 0.4) is 0 Å². The van der Waals surface area contributed by atoms with E-state index in [9.17, 15) is 19.2 Å². The molecule has 0 fully saturated rings. The van der Waals surface area contributed by atoms with E-state index in [1.807, 2.05) is 49.4 Å². The Kier molecular flexibility index (Phi) is 9.55. The number of hydrogen-bond donors (Lipinski definition) is 3. The minimum absolute atomic E-state index is 0.169. The van der Waals surface area contributed by atoms with Gasteiger partial charge in [-0.25, -0.2) is 4.79 Å². The van der Waals surface area contributed by atoms with Crippen molar-refractivity contribution in [3.05, 3.63) is 101 Å². The van der Waals surface area contributed by atoms with Gasteiger partial charge in [-0.15, -0.1) is 0 Å². The molecule has 3 N–H and O–H groups in total. The zero-order chi connectivity index (χ0) is 26.8. The maximum absolute atomic E-state index is 13.4. The largest absolute Gasteiger partial charge is 0.467 e. The Morgan fingerprint density at radius 3 is 1.95 bits per heavy atom. The number of benzene rings is 3. The van der Waals surface area contributed by atoms with Crippen molar-refractivity contribution in [3.8, 4) is 0 Å². The maximum Gasteiger partial charge on any atom is 0.328 e. The highest BCUT2D eigenvalue weighted by molar-refractivity contribution is 5.98. The Hall–Kier alpha value is -4.46. The van der Waals surface area contributed by atoms with Crippen molar-refractivity contribution in [1.29, 1.82) is 0 Å². The van der Waals surface area contributed by atoms with Crippen molar-refractivity contribution in [3.63, 3.8) is 0 Å². The first-order valence-corrected chi connectivity index (χ1v) is 11.9. The molecule has 37 heavy (non-hydrogen) atoms. The average Bonchev–Trinajstić information content (AvgIpc) is 2.89. The molecule has 3 aromatic rings. The summed E-state index contributed by atoms with van der Waals surface area (Å²) in [4.78, 5) is 50.1. The van der Waals surface area contributed by atoms with Crippen molar-refractivity contribution in [1.82, 2.24) is 10.6 Å². The fourth-order valence-corrected chi connectivity index (χ4v) is 3.78. The van der Waals surface area contributed by atoms with Gasteiger partial charge in [0, 0.05) is 31.0 Å². The van der Waals surface area contributed by atoms with Gasteiger partial charge >= 0.3 is 5.97 Å². The zero-order valence-corrected chi connectivity index (χ0v) is 21.1. The third-order valence-electron chi connectivity index (χ3n) is 5.73. The van der Waals surface area contributed by atoms with Crippen molar-refractivity contribution >= 4 is 29.4 Å². The van der Waals surface area contributed by atoms with Gasteiger partial charge in [0.25, 0.3) is 5.91 Å². The van der Waals surface area contributed by atoms with E-state index in [2.05, 4.69) is 16.0 Å². The first-order chi connectivity index (χ1) is 17.7. The van der Waals surface area contributed by atoms with Crippen molar-refractivity contribution < 1.29 is 23.9 Å². The monoisotopic (exact) mass is 501 g/mol. The highest BCUT2D eigenvalue weighted by Crippen LogP contribution is 2.13. The Morgan fingerprint density at radius 2 is 1.35 bits per heavy atom. The first-order valence-electron chi connectivity index (χ1n) is 11.9. The Morgan fingerprint density at radius 1 is 0.757 bits per heavy atom. The number of carbonyl (C=O) groups excluding carboxylic acids is 4. The molecule has 0 spiro atoms. The number of anilines is 1. The predicted octanol–water partition coefficient (Wildman–Crippen LogP) is 3.20. The number of esters is 1. The van der Waals surface area contributed by atoms with E-state index in [0.717, 1.165) is 16.7 Å². The molecule has 0 saturated carbocycles. The summed E-state index contributed by atoms with van der Waals surface area (Å²) in [5.41, 5.74) is 3.68. The lowest BCUT2D eigenvalue weighted by atomic mass is 10.0. The Balaban J connectivity index is 1.78. The number of rotatable bonds is 10. The second kappa shape index (κ2) is 13.0. The van der Waals surface area contributed by atoms with Crippen molar-refractivity contribution in [2.45, 2.75) is 38.8 Å². The van der Waals surface area contributed by atoms with Crippen molar-refractivity contribution in [2.24, 2.45) is 0 Å². The summed E-state index contributed by atoms with van der Waals surface area (Å²) in [6.07, 6.45) is 0.409. The zero-order valence-electron chi connectivity index (χ0n) is 21.1. The third-order valence-corrected chi connectivity index (χ3v) is 5.73. The summed E-state index contributed by atoms with van der Waals surface area (Å²) in [7, 11) is 1.25. The molecular formula is C29H31N3O5. The minimum Gasteiger partial charge on any atom is -0.467 e. The fraction of sp³-hybridized carbons (Fsp3) is 0.241. The molecule has 3 aromatic carbocycles. The van der Waals surface area contributed by atoms with E-state index in [1.165, 1.54) is 14.0 Å². The number of nitrogens with one attached hydrogen (secondary N) is 3. The van der Waals surface area contributed by atoms with E-state index in [1.54, 1.807) is 36.4 Å². The van der Waals surface area contributed by atoms with E-state index in [4.69, 9.17) is 4.74 Å². The normalized spacial score (nSPS) is 12.1. The van der Waals surface area contributed by atoms with Crippen LogP contribution < -0.4 is 16.0 Å². The number of aryl methyl sites for hydroxylation is 1. The molecule has 0 heterocycles. The van der Waals surface area contributed by atoms with Gasteiger partial charge in [-0.1, -0.05) is 60.2 Å². The van der Waals surface area contributed by atoms with Gasteiger partial charge in [-0.2, -0.15) is 0 Å². The quantitative estimate of drug-likeness (QED) is 0.369.